The Balaban J connectivity index is 1.36. The Morgan fingerprint density at radius 3 is 2.66 bits per heavy atom. The first kappa shape index (κ1) is 21.1. The smallest absolute Gasteiger partial charge is 0.338 e. The van der Waals surface area contributed by atoms with Gasteiger partial charge in [-0.05, 0) is 42.8 Å². The summed E-state index contributed by atoms with van der Waals surface area (Å²) in [5.74, 6) is -0.964. The number of nitrogens with zero attached hydrogens (tertiary/aromatic N) is 1. The average molecular weight is 436 g/mol. The topological polar surface area (TPSA) is 111 Å². The molecule has 3 amide bonds. The van der Waals surface area contributed by atoms with E-state index < -0.39 is 29.8 Å². The molecule has 0 radical (unpaired) electrons. The Hall–Kier alpha value is -4.14. The molecule has 0 aromatic heterocycles. The van der Waals surface area contributed by atoms with Crippen LogP contribution in [0.5, 0.6) is 11.5 Å². The summed E-state index contributed by atoms with van der Waals surface area (Å²) in [5.41, 5.74) is 1.20. The third-order valence-electron chi connectivity index (χ3n) is 5.07. The van der Waals surface area contributed by atoms with E-state index in [9.17, 15) is 19.2 Å². The normalized spacial score (nSPS) is 14.7. The first-order chi connectivity index (χ1) is 15.4. The van der Waals surface area contributed by atoms with E-state index in [0.717, 1.165) is 10.5 Å². The summed E-state index contributed by atoms with van der Waals surface area (Å²) < 4.78 is 15.8. The molecule has 0 saturated carbocycles. The molecule has 0 bridgehead atoms. The molecule has 0 saturated heterocycles. The molecule has 9 heteroatoms. The van der Waals surface area contributed by atoms with Crippen molar-refractivity contribution >= 4 is 23.7 Å². The quantitative estimate of drug-likeness (QED) is 0.402. The molecule has 9 nitrogen and oxygen atoms in total. The first-order valence-corrected chi connectivity index (χ1v) is 9.87. The van der Waals surface area contributed by atoms with Gasteiger partial charge in [0.05, 0.1) is 16.7 Å². The van der Waals surface area contributed by atoms with Gasteiger partial charge >= 0.3 is 5.97 Å². The van der Waals surface area contributed by atoms with Gasteiger partial charge in [0, 0.05) is 13.1 Å². The SMILES string of the molecule is C=CCN1C(=O)c2ccc(C(=O)O[C@H](C)C(=O)NCc3ccc4c(c3)OCO4)cc2C1=O. The summed E-state index contributed by atoms with van der Waals surface area (Å²) in [5, 5.41) is 2.69. The van der Waals surface area contributed by atoms with E-state index in [4.69, 9.17) is 14.2 Å². The van der Waals surface area contributed by atoms with Crippen molar-refractivity contribution in [2.75, 3.05) is 13.3 Å². The minimum Gasteiger partial charge on any atom is -0.454 e. The molecule has 4 rings (SSSR count). The fraction of sp³-hybridized carbons (Fsp3) is 0.217. The number of ether oxygens (including phenoxy) is 3. The number of nitrogens with one attached hydrogen (secondary N) is 1. The van der Waals surface area contributed by atoms with Crippen LogP contribution in [-0.2, 0) is 16.1 Å². The number of amides is 3. The predicted molar refractivity (Wildman–Crippen MR) is 111 cm³/mol. The van der Waals surface area contributed by atoms with Crippen molar-refractivity contribution in [2.45, 2.75) is 19.6 Å². The predicted octanol–water partition coefficient (Wildman–Crippen LogP) is 2.06. The summed E-state index contributed by atoms with van der Waals surface area (Å²) >= 11 is 0. The van der Waals surface area contributed by atoms with Crippen molar-refractivity contribution in [2.24, 2.45) is 0 Å². The molecule has 2 aliphatic heterocycles. The molecular weight excluding hydrogens is 416 g/mol. The molecule has 164 valence electrons. The number of hydrogen-bond donors (Lipinski definition) is 1. The average Bonchev–Trinajstić information content (AvgIpc) is 3.35. The molecule has 2 heterocycles. The van der Waals surface area contributed by atoms with E-state index in [-0.39, 0.29) is 36.6 Å². The summed E-state index contributed by atoms with van der Waals surface area (Å²) in [6, 6.07) is 9.41. The molecule has 0 fully saturated rings. The Kier molecular flexibility index (Phi) is 5.63. The second-order valence-corrected chi connectivity index (χ2v) is 7.22. The van der Waals surface area contributed by atoms with Gasteiger partial charge in [0.15, 0.2) is 17.6 Å². The Labute approximate surface area is 183 Å². The largest absolute Gasteiger partial charge is 0.454 e. The Morgan fingerprint density at radius 2 is 1.88 bits per heavy atom. The van der Waals surface area contributed by atoms with Crippen molar-refractivity contribution in [1.82, 2.24) is 10.2 Å². The van der Waals surface area contributed by atoms with Crippen LogP contribution in [0.25, 0.3) is 0 Å². The van der Waals surface area contributed by atoms with Crippen LogP contribution in [-0.4, -0.2) is 48.0 Å². The molecule has 2 aromatic rings. The van der Waals surface area contributed by atoms with Crippen LogP contribution in [0.4, 0.5) is 0 Å². The van der Waals surface area contributed by atoms with Gasteiger partial charge in [0.25, 0.3) is 17.7 Å². The van der Waals surface area contributed by atoms with E-state index in [1.165, 1.54) is 31.2 Å². The van der Waals surface area contributed by atoms with Gasteiger partial charge in [-0.1, -0.05) is 12.1 Å². The lowest BCUT2D eigenvalue weighted by Gasteiger charge is -2.14. The van der Waals surface area contributed by atoms with Crippen molar-refractivity contribution in [3.05, 3.63) is 71.3 Å². The second kappa shape index (κ2) is 8.54. The summed E-state index contributed by atoms with van der Waals surface area (Å²) in [6.45, 7) is 5.43. The fourth-order valence-electron chi connectivity index (χ4n) is 3.38. The molecule has 0 spiro atoms. The zero-order chi connectivity index (χ0) is 22.8. The van der Waals surface area contributed by atoms with Crippen LogP contribution in [0.3, 0.4) is 0 Å². The first-order valence-electron chi connectivity index (χ1n) is 9.87. The molecule has 1 N–H and O–H groups in total. The molecule has 2 aromatic carbocycles. The van der Waals surface area contributed by atoms with Crippen molar-refractivity contribution in [3.63, 3.8) is 0 Å². The number of benzene rings is 2. The highest BCUT2D eigenvalue weighted by Crippen LogP contribution is 2.32. The van der Waals surface area contributed by atoms with E-state index in [0.29, 0.717) is 11.5 Å². The fourth-order valence-corrected chi connectivity index (χ4v) is 3.38. The maximum Gasteiger partial charge on any atom is 0.338 e. The monoisotopic (exact) mass is 436 g/mol. The van der Waals surface area contributed by atoms with Gasteiger partial charge in [-0.15, -0.1) is 6.58 Å². The number of carbonyl (C=O) groups excluding carboxylic acids is 4. The van der Waals surface area contributed by atoms with Crippen LogP contribution >= 0.6 is 0 Å². The molecule has 1 atom stereocenters. The lowest BCUT2D eigenvalue weighted by atomic mass is 10.1. The van der Waals surface area contributed by atoms with Crippen LogP contribution in [0.15, 0.2) is 49.1 Å². The van der Waals surface area contributed by atoms with Gasteiger partial charge in [0.2, 0.25) is 6.79 Å². The van der Waals surface area contributed by atoms with Gasteiger partial charge in [-0.25, -0.2) is 4.79 Å². The maximum atomic E-state index is 12.5. The Bertz CT molecular complexity index is 1140. The van der Waals surface area contributed by atoms with Crippen molar-refractivity contribution in [1.29, 1.82) is 0 Å². The lowest BCUT2D eigenvalue weighted by molar-refractivity contribution is -0.129. The molecule has 2 aliphatic rings. The van der Waals surface area contributed by atoms with Crippen molar-refractivity contribution in [3.8, 4) is 11.5 Å². The van der Waals surface area contributed by atoms with E-state index in [1.54, 1.807) is 18.2 Å². The summed E-state index contributed by atoms with van der Waals surface area (Å²) in [4.78, 5) is 50.6. The van der Waals surface area contributed by atoms with Crippen LogP contribution < -0.4 is 14.8 Å². The third-order valence-corrected chi connectivity index (χ3v) is 5.07. The van der Waals surface area contributed by atoms with Gasteiger partial charge in [0.1, 0.15) is 0 Å². The van der Waals surface area contributed by atoms with Crippen LogP contribution in [0.2, 0.25) is 0 Å². The molecule has 0 aliphatic carbocycles. The third kappa shape index (κ3) is 3.92. The number of hydrogen-bond acceptors (Lipinski definition) is 7. The van der Waals surface area contributed by atoms with Crippen molar-refractivity contribution < 1.29 is 33.4 Å². The highest BCUT2D eigenvalue weighted by Gasteiger charge is 2.35. The standard InChI is InChI=1S/C23H20N2O7/c1-3-8-25-21(27)16-6-5-15(10-17(16)22(25)28)23(29)32-13(2)20(26)24-11-14-4-7-18-19(9-14)31-12-30-18/h3-7,9-10,13H,1,8,11-12H2,2H3,(H,24,26)/t13-/m1/s1. The summed E-state index contributed by atoms with van der Waals surface area (Å²) in [7, 11) is 0. The van der Waals surface area contributed by atoms with Gasteiger partial charge in [-0.3, -0.25) is 19.3 Å². The minimum atomic E-state index is -1.07. The van der Waals surface area contributed by atoms with Crippen LogP contribution in [0.1, 0.15) is 43.6 Å². The van der Waals surface area contributed by atoms with E-state index >= 15 is 0 Å². The maximum absolute atomic E-state index is 12.5. The molecular formula is C23H20N2O7. The Morgan fingerprint density at radius 1 is 1.12 bits per heavy atom. The van der Waals surface area contributed by atoms with E-state index in [2.05, 4.69) is 11.9 Å². The number of fused-ring (bicyclic) bond motifs is 2. The number of imide groups is 1. The van der Waals surface area contributed by atoms with E-state index in [1.807, 2.05) is 0 Å². The van der Waals surface area contributed by atoms with Crippen LogP contribution in [0, 0.1) is 0 Å². The second-order valence-electron chi connectivity index (χ2n) is 7.22. The minimum absolute atomic E-state index is 0.0702. The van der Waals surface area contributed by atoms with Gasteiger partial charge < -0.3 is 19.5 Å². The number of carbonyl (C=O) groups is 4. The lowest BCUT2D eigenvalue weighted by Crippen LogP contribution is -2.35. The van der Waals surface area contributed by atoms with Gasteiger partial charge in [-0.2, -0.15) is 0 Å². The zero-order valence-corrected chi connectivity index (χ0v) is 17.3. The summed E-state index contributed by atoms with van der Waals surface area (Å²) in [6.07, 6.45) is 0.375. The number of esters is 1. The molecule has 32 heavy (non-hydrogen) atoms. The highest BCUT2D eigenvalue weighted by molar-refractivity contribution is 6.22. The molecule has 0 unspecified atom stereocenters. The number of rotatable bonds is 7. The zero-order valence-electron chi connectivity index (χ0n) is 17.3. The highest BCUT2D eigenvalue weighted by atomic mass is 16.7.